The van der Waals surface area contributed by atoms with Crippen LogP contribution < -0.4 is 5.73 Å². The molecule has 1 saturated carbocycles. The van der Waals surface area contributed by atoms with Crippen molar-refractivity contribution in [3.63, 3.8) is 0 Å². The molecule has 1 aliphatic carbocycles. The third-order valence-electron chi connectivity index (χ3n) is 2.21. The summed E-state index contributed by atoms with van der Waals surface area (Å²) in [6.45, 7) is 1.82. The van der Waals surface area contributed by atoms with Crippen LogP contribution in [-0.4, -0.2) is 16.2 Å². The van der Waals surface area contributed by atoms with Crippen molar-refractivity contribution in [2.75, 3.05) is 0 Å². The van der Waals surface area contributed by atoms with Crippen molar-refractivity contribution < 1.29 is 4.52 Å². The molecule has 66 valence electrons. The summed E-state index contributed by atoms with van der Waals surface area (Å²) in [6, 6.07) is 0.213. The smallest absolute Gasteiger partial charge is 0.228 e. The number of nitrogens with zero attached hydrogens (tertiary/aromatic N) is 2. The molecule has 2 rings (SSSR count). The van der Waals surface area contributed by atoms with Gasteiger partial charge in [0.2, 0.25) is 5.89 Å². The quantitative estimate of drug-likeness (QED) is 0.718. The summed E-state index contributed by atoms with van der Waals surface area (Å²) in [6.07, 6.45) is 3.24. The Balaban J connectivity index is 1.93. The molecule has 12 heavy (non-hydrogen) atoms. The minimum atomic E-state index is 0.213. The SMILES string of the molecule is Cc1noc(CC(N)C2CC2)n1. The second kappa shape index (κ2) is 2.86. The molecule has 1 aliphatic rings. The molecule has 0 amide bonds. The summed E-state index contributed by atoms with van der Waals surface area (Å²) in [7, 11) is 0. The lowest BCUT2D eigenvalue weighted by atomic mass is 10.1. The highest BCUT2D eigenvalue weighted by Gasteiger charge is 2.29. The maximum atomic E-state index is 5.89. The highest BCUT2D eigenvalue weighted by Crippen LogP contribution is 2.32. The first-order valence-electron chi connectivity index (χ1n) is 4.30. The Morgan fingerprint density at radius 1 is 1.67 bits per heavy atom. The first-order chi connectivity index (χ1) is 5.75. The molecule has 2 N–H and O–H groups in total. The van der Waals surface area contributed by atoms with Gasteiger partial charge >= 0.3 is 0 Å². The van der Waals surface area contributed by atoms with Crippen molar-refractivity contribution in [2.45, 2.75) is 32.2 Å². The zero-order valence-electron chi connectivity index (χ0n) is 7.16. The van der Waals surface area contributed by atoms with Crippen LogP contribution in [0.4, 0.5) is 0 Å². The van der Waals surface area contributed by atoms with E-state index in [0.29, 0.717) is 17.6 Å². The van der Waals surface area contributed by atoms with Gasteiger partial charge < -0.3 is 10.3 Å². The van der Waals surface area contributed by atoms with Crippen LogP contribution in [0.1, 0.15) is 24.6 Å². The standard InChI is InChI=1S/C8H13N3O/c1-5-10-8(12-11-5)4-7(9)6-2-3-6/h6-7H,2-4,9H2,1H3. The van der Waals surface area contributed by atoms with Gasteiger partial charge in [0.1, 0.15) is 0 Å². The summed E-state index contributed by atoms with van der Waals surface area (Å²) < 4.78 is 4.97. The van der Waals surface area contributed by atoms with Crippen molar-refractivity contribution in [3.8, 4) is 0 Å². The molecule has 0 bridgehead atoms. The predicted molar refractivity (Wildman–Crippen MR) is 43.4 cm³/mol. The second-order valence-corrected chi connectivity index (χ2v) is 3.44. The van der Waals surface area contributed by atoms with Gasteiger partial charge in [-0.1, -0.05) is 5.16 Å². The Morgan fingerprint density at radius 2 is 2.42 bits per heavy atom. The average Bonchev–Trinajstić information content (AvgIpc) is 2.78. The van der Waals surface area contributed by atoms with E-state index in [0.717, 1.165) is 6.42 Å². The summed E-state index contributed by atoms with van der Waals surface area (Å²) in [5.41, 5.74) is 5.89. The Morgan fingerprint density at radius 3 is 2.92 bits per heavy atom. The summed E-state index contributed by atoms with van der Waals surface area (Å²) in [5.74, 6) is 2.05. The van der Waals surface area contributed by atoms with E-state index in [1.54, 1.807) is 0 Å². The van der Waals surface area contributed by atoms with E-state index in [-0.39, 0.29) is 6.04 Å². The summed E-state index contributed by atoms with van der Waals surface area (Å²) >= 11 is 0. The van der Waals surface area contributed by atoms with Gasteiger partial charge in [0.05, 0.1) is 0 Å². The summed E-state index contributed by atoms with van der Waals surface area (Å²) in [4.78, 5) is 4.10. The number of hydrogen-bond donors (Lipinski definition) is 1. The van der Waals surface area contributed by atoms with Crippen LogP contribution in [-0.2, 0) is 6.42 Å². The largest absolute Gasteiger partial charge is 0.339 e. The molecule has 0 saturated heterocycles. The van der Waals surface area contributed by atoms with Crippen LogP contribution in [0.25, 0.3) is 0 Å². The molecule has 0 radical (unpaired) electrons. The van der Waals surface area contributed by atoms with E-state index in [2.05, 4.69) is 10.1 Å². The highest BCUT2D eigenvalue weighted by atomic mass is 16.5. The number of aromatic nitrogens is 2. The van der Waals surface area contributed by atoms with Gasteiger partial charge in [0.15, 0.2) is 5.82 Å². The number of hydrogen-bond acceptors (Lipinski definition) is 4. The Bertz CT molecular complexity index is 267. The maximum Gasteiger partial charge on any atom is 0.228 e. The maximum absolute atomic E-state index is 5.89. The number of aryl methyl sites for hydroxylation is 1. The first kappa shape index (κ1) is 7.73. The van der Waals surface area contributed by atoms with E-state index in [4.69, 9.17) is 10.3 Å². The zero-order chi connectivity index (χ0) is 8.55. The Labute approximate surface area is 71.1 Å². The molecule has 1 fully saturated rings. The molecule has 1 atom stereocenters. The van der Waals surface area contributed by atoms with Crippen molar-refractivity contribution >= 4 is 0 Å². The van der Waals surface area contributed by atoms with Gasteiger partial charge in [-0.05, 0) is 25.7 Å². The topological polar surface area (TPSA) is 64.9 Å². The molecule has 4 heteroatoms. The van der Waals surface area contributed by atoms with Crippen LogP contribution in [0.3, 0.4) is 0 Å². The third-order valence-corrected chi connectivity index (χ3v) is 2.21. The fourth-order valence-electron chi connectivity index (χ4n) is 1.32. The van der Waals surface area contributed by atoms with E-state index >= 15 is 0 Å². The van der Waals surface area contributed by atoms with Crippen molar-refractivity contribution in [2.24, 2.45) is 11.7 Å². The fraction of sp³-hybridized carbons (Fsp3) is 0.750. The van der Waals surface area contributed by atoms with E-state index in [9.17, 15) is 0 Å². The number of nitrogens with two attached hydrogens (primary N) is 1. The van der Waals surface area contributed by atoms with E-state index < -0.39 is 0 Å². The van der Waals surface area contributed by atoms with E-state index in [1.807, 2.05) is 6.92 Å². The van der Waals surface area contributed by atoms with Crippen LogP contribution in [0.5, 0.6) is 0 Å². The molecular formula is C8H13N3O. The van der Waals surface area contributed by atoms with Crippen molar-refractivity contribution in [3.05, 3.63) is 11.7 Å². The second-order valence-electron chi connectivity index (χ2n) is 3.44. The van der Waals surface area contributed by atoms with E-state index in [1.165, 1.54) is 12.8 Å². The monoisotopic (exact) mass is 167 g/mol. The number of rotatable bonds is 3. The lowest BCUT2D eigenvalue weighted by Gasteiger charge is -2.04. The van der Waals surface area contributed by atoms with Crippen LogP contribution >= 0.6 is 0 Å². The van der Waals surface area contributed by atoms with Crippen molar-refractivity contribution in [1.29, 1.82) is 0 Å². The fourth-order valence-corrected chi connectivity index (χ4v) is 1.32. The molecule has 1 heterocycles. The van der Waals surface area contributed by atoms with Gasteiger partial charge in [-0.2, -0.15) is 4.98 Å². The minimum absolute atomic E-state index is 0.213. The average molecular weight is 167 g/mol. The van der Waals surface area contributed by atoms with Gasteiger partial charge in [0.25, 0.3) is 0 Å². The zero-order valence-corrected chi connectivity index (χ0v) is 7.16. The molecule has 1 aromatic heterocycles. The molecule has 1 aromatic rings. The first-order valence-corrected chi connectivity index (χ1v) is 4.30. The van der Waals surface area contributed by atoms with Gasteiger partial charge in [-0.15, -0.1) is 0 Å². The molecule has 1 unspecified atom stereocenters. The molecule has 0 aromatic carbocycles. The van der Waals surface area contributed by atoms with Gasteiger partial charge in [0, 0.05) is 12.5 Å². The van der Waals surface area contributed by atoms with Crippen LogP contribution in [0.2, 0.25) is 0 Å². The lowest BCUT2D eigenvalue weighted by molar-refractivity contribution is 0.360. The highest BCUT2D eigenvalue weighted by molar-refractivity contribution is 4.92. The van der Waals surface area contributed by atoms with Crippen molar-refractivity contribution in [1.82, 2.24) is 10.1 Å². The minimum Gasteiger partial charge on any atom is -0.339 e. The van der Waals surface area contributed by atoms with Gasteiger partial charge in [-0.25, -0.2) is 0 Å². The third kappa shape index (κ3) is 1.64. The normalized spacial score (nSPS) is 19.5. The Hall–Kier alpha value is -0.900. The van der Waals surface area contributed by atoms with Crippen LogP contribution in [0, 0.1) is 12.8 Å². The van der Waals surface area contributed by atoms with Gasteiger partial charge in [-0.3, -0.25) is 0 Å². The Kier molecular flexibility index (Phi) is 1.84. The molecular weight excluding hydrogens is 154 g/mol. The lowest BCUT2D eigenvalue weighted by Crippen LogP contribution is -2.25. The summed E-state index contributed by atoms with van der Waals surface area (Å²) in [5, 5.41) is 3.71. The molecule has 0 aliphatic heterocycles. The molecule has 0 spiro atoms. The predicted octanol–water partition coefficient (Wildman–Crippen LogP) is 0.658. The molecule has 4 nitrogen and oxygen atoms in total. The van der Waals surface area contributed by atoms with Crippen LogP contribution in [0.15, 0.2) is 4.52 Å².